The number of hydrogen-bond donors (Lipinski definition) is 2. The van der Waals surface area contributed by atoms with Gasteiger partial charge in [-0.05, 0) is 45.4 Å². The molecule has 0 bridgehead atoms. The molecule has 1 aromatic rings. The smallest absolute Gasteiger partial charge is 0.410 e. The molecule has 26 heavy (non-hydrogen) atoms. The van der Waals surface area contributed by atoms with Crippen LogP contribution in [0, 0.1) is 6.92 Å². The summed E-state index contributed by atoms with van der Waals surface area (Å²) in [6.07, 6.45) is -0.441. The highest BCUT2D eigenvalue weighted by Crippen LogP contribution is 2.20. The van der Waals surface area contributed by atoms with Gasteiger partial charge in [0, 0.05) is 30.2 Å². The molecule has 0 fully saturated rings. The molecule has 0 radical (unpaired) electrons. The van der Waals surface area contributed by atoms with Gasteiger partial charge in [-0.1, -0.05) is 22.0 Å². The molecule has 0 atom stereocenters. The zero-order chi connectivity index (χ0) is 19.9. The fourth-order valence-corrected chi connectivity index (χ4v) is 2.29. The number of aryl methyl sites for hydroxylation is 1. The van der Waals surface area contributed by atoms with Gasteiger partial charge in [0.05, 0.1) is 0 Å². The minimum atomic E-state index is -0.621. The molecule has 1 aromatic carbocycles. The number of nitrogens with zero attached hydrogens (tertiary/aromatic N) is 1. The van der Waals surface area contributed by atoms with Gasteiger partial charge < -0.3 is 20.3 Å². The normalized spacial score (nSPS) is 10.8. The second-order valence-corrected chi connectivity index (χ2v) is 7.86. The first kappa shape index (κ1) is 22.0. The van der Waals surface area contributed by atoms with Gasteiger partial charge in [-0.3, -0.25) is 9.59 Å². The minimum Gasteiger partial charge on any atom is -0.444 e. The monoisotopic (exact) mass is 427 g/mol. The number of benzene rings is 1. The van der Waals surface area contributed by atoms with Crippen LogP contribution < -0.4 is 10.6 Å². The van der Waals surface area contributed by atoms with Gasteiger partial charge in [0.1, 0.15) is 12.1 Å². The lowest BCUT2D eigenvalue weighted by atomic mass is 10.2. The Morgan fingerprint density at radius 3 is 2.46 bits per heavy atom. The number of anilines is 1. The van der Waals surface area contributed by atoms with E-state index in [2.05, 4.69) is 26.6 Å². The lowest BCUT2D eigenvalue weighted by molar-refractivity contribution is -0.122. The summed E-state index contributed by atoms with van der Waals surface area (Å²) in [5.74, 6) is -0.559. The quantitative estimate of drug-likeness (QED) is 0.729. The highest BCUT2D eigenvalue weighted by Gasteiger charge is 2.21. The van der Waals surface area contributed by atoms with Crippen molar-refractivity contribution >= 4 is 39.5 Å². The van der Waals surface area contributed by atoms with Gasteiger partial charge in [0.25, 0.3) is 0 Å². The second kappa shape index (κ2) is 9.56. The number of likely N-dealkylation sites (N-methyl/N-ethyl adjacent to an activating group) is 1. The molecular weight excluding hydrogens is 402 g/mol. The van der Waals surface area contributed by atoms with Gasteiger partial charge in [-0.15, -0.1) is 0 Å². The van der Waals surface area contributed by atoms with Gasteiger partial charge in [-0.25, -0.2) is 4.79 Å². The molecule has 0 saturated heterocycles. The first-order chi connectivity index (χ1) is 12.0. The molecule has 3 amide bonds. The molecule has 0 heterocycles. The topological polar surface area (TPSA) is 87.7 Å². The predicted molar refractivity (Wildman–Crippen MR) is 104 cm³/mol. The largest absolute Gasteiger partial charge is 0.444 e. The lowest BCUT2D eigenvalue weighted by Crippen LogP contribution is -2.41. The van der Waals surface area contributed by atoms with Crippen LogP contribution in [-0.2, 0) is 14.3 Å². The van der Waals surface area contributed by atoms with Gasteiger partial charge in [0.2, 0.25) is 11.8 Å². The molecule has 0 aliphatic rings. The highest BCUT2D eigenvalue weighted by atomic mass is 79.9. The Bertz CT molecular complexity index is 671. The Labute approximate surface area is 162 Å². The third kappa shape index (κ3) is 8.33. The highest BCUT2D eigenvalue weighted by molar-refractivity contribution is 9.10. The number of amides is 3. The summed E-state index contributed by atoms with van der Waals surface area (Å²) >= 11 is 3.36. The summed E-state index contributed by atoms with van der Waals surface area (Å²) in [4.78, 5) is 36.8. The van der Waals surface area contributed by atoms with Crippen LogP contribution in [0.3, 0.4) is 0 Å². The Hall–Kier alpha value is -2.09. The van der Waals surface area contributed by atoms with E-state index >= 15 is 0 Å². The van der Waals surface area contributed by atoms with Crippen molar-refractivity contribution in [3.63, 3.8) is 0 Å². The van der Waals surface area contributed by atoms with Gasteiger partial charge >= 0.3 is 6.09 Å². The minimum absolute atomic E-state index is 0.133. The summed E-state index contributed by atoms with van der Waals surface area (Å²) in [5.41, 5.74) is 1.05. The maximum absolute atomic E-state index is 12.0. The maximum atomic E-state index is 12.0. The summed E-state index contributed by atoms with van der Waals surface area (Å²) in [7, 11) is 1.48. The molecule has 0 aliphatic carbocycles. The van der Waals surface area contributed by atoms with E-state index in [1.807, 2.05) is 25.1 Å². The number of rotatable bonds is 6. The molecule has 2 N–H and O–H groups in total. The summed E-state index contributed by atoms with van der Waals surface area (Å²) in [5, 5.41) is 5.42. The molecule has 8 heteroatoms. The van der Waals surface area contributed by atoms with E-state index in [9.17, 15) is 14.4 Å². The second-order valence-electron chi connectivity index (χ2n) is 6.94. The number of carbonyl (C=O) groups excluding carboxylic acids is 3. The van der Waals surface area contributed by atoms with Crippen molar-refractivity contribution in [2.24, 2.45) is 0 Å². The third-order valence-corrected chi connectivity index (χ3v) is 3.73. The fourth-order valence-electron chi connectivity index (χ4n) is 1.93. The molecule has 7 nitrogen and oxygen atoms in total. The third-order valence-electron chi connectivity index (χ3n) is 3.23. The van der Waals surface area contributed by atoms with Crippen molar-refractivity contribution in [1.29, 1.82) is 0 Å². The van der Waals surface area contributed by atoms with E-state index in [1.54, 1.807) is 20.8 Å². The molecular formula is C18H26BrN3O4. The van der Waals surface area contributed by atoms with Crippen LogP contribution in [0.5, 0.6) is 0 Å². The van der Waals surface area contributed by atoms with Crippen molar-refractivity contribution < 1.29 is 19.1 Å². The van der Waals surface area contributed by atoms with Crippen LogP contribution in [0.25, 0.3) is 0 Å². The maximum Gasteiger partial charge on any atom is 0.410 e. The van der Waals surface area contributed by atoms with Crippen molar-refractivity contribution in [2.45, 2.75) is 39.7 Å². The van der Waals surface area contributed by atoms with Gasteiger partial charge in [0.15, 0.2) is 0 Å². The first-order valence-electron chi connectivity index (χ1n) is 8.25. The average Bonchev–Trinajstić information content (AvgIpc) is 2.49. The Morgan fingerprint density at radius 2 is 1.85 bits per heavy atom. The Balaban J connectivity index is 2.36. The van der Waals surface area contributed by atoms with E-state index in [-0.39, 0.29) is 31.3 Å². The van der Waals surface area contributed by atoms with Crippen molar-refractivity contribution in [1.82, 2.24) is 10.2 Å². The van der Waals surface area contributed by atoms with Crippen LogP contribution >= 0.6 is 15.9 Å². The zero-order valence-electron chi connectivity index (χ0n) is 15.8. The van der Waals surface area contributed by atoms with Crippen LogP contribution in [0.2, 0.25) is 0 Å². The van der Waals surface area contributed by atoms with Crippen molar-refractivity contribution in [2.75, 3.05) is 25.5 Å². The lowest BCUT2D eigenvalue weighted by Gasteiger charge is -2.24. The van der Waals surface area contributed by atoms with Crippen LogP contribution in [0.15, 0.2) is 22.7 Å². The van der Waals surface area contributed by atoms with E-state index < -0.39 is 11.7 Å². The molecule has 0 aromatic heterocycles. The van der Waals surface area contributed by atoms with Crippen LogP contribution in [-0.4, -0.2) is 48.5 Å². The number of hydrogen-bond acceptors (Lipinski definition) is 4. The van der Waals surface area contributed by atoms with E-state index in [1.165, 1.54) is 11.9 Å². The number of carbonyl (C=O) groups is 3. The standard InChI is InChI=1S/C18H26BrN3O4/c1-12-6-7-13(19)10-14(12)21-15(23)8-9-20-16(24)11-22(5)17(25)26-18(2,3)4/h6-7,10H,8-9,11H2,1-5H3,(H,20,24)(H,21,23). The molecule has 144 valence electrons. The SMILES string of the molecule is Cc1ccc(Br)cc1NC(=O)CCNC(=O)CN(C)C(=O)OC(C)(C)C. The Morgan fingerprint density at radius 1 is 1.19 bits per heavy atom. The predicted octanol–water partition coefficient (Wildman–Crippen LogP) is 3.07. The van der Waals surface area contributed by atoms with E-state index in [0.717, 1.165) is 15.7 Å². The number of ether oxygens (including phenoxy) is 1. The molecule has 0 saturated carbocycles. The summed E-state index contributed by atoms with van der Waals surface area (Å²) in [6, 6.07) is 5.61. The van der Waals surface area contributed by atoms with Crippen LogP contribution in [0.4, 0.5) is 10.5 Å². The van der Waals surface area contributed by atoms with Crippen molar-refractivity contribution in [3.8, 4) is 0 Å². The van der Waals surface area contributed by atoms with E-state index in [4.69, 9.17) is 4.74 Å². The summed E-state index contributed by atoms with van der Waals surface area (Å²) < 4.78 is 6.04. The first-order valence-corrected chi connectivity index (χ1v) is 9.04. The summed E-state index contributed by atoms with van der Waals surface area (Å²) in [6.45, 7) is 7.21. The molecule has 1 rings (SSSR count). The zero-order valence-corrected chi connectivity index (χ0v) is 17.4. The Kier molecular flexibility index (Phi) is 8.08. The molecule has 0 aliphatic heterocycles. The van der Waals surface area contributed by atoms with Crippen LogP contribution in [0.1, 0.15) is 32.8 Å². The molecule has 0 spiro atoms. The number of nitrogens with one attached hydrogen (secondary N) is 2. The van der Waals surface area contributed by atoms with E-state index in [0.29, 0.717) is 0 Å². The fraction of sp³-hybridized carbons (Fsp3) is 0.500. The average molecular weight is 428 g/mol. The van der Waals surface area contributed by atoms with Gasteiger partial charge in [-0.2, -0.15) is 0 Å². The van der Waals surface area contributed by atoms with Crippen molar-refractivity contribution in [3.05, 3.63) is 28.2 Å². The number of halogens is 1. The molecule has 0 unspecified atom stereocenters.